The van der Waals surface area contributed by atoms with Gasteiger partial charge in [-0.1, -0.05) is 44.2 Å². The van der Waals surface area contributed by atoms with Crippen molar-refractivity contribution in [1.29, 1.82) is 0 Å². The fraction of sp³-hybridized carbons (Fsp3) is 0.500. The molecule has 0 saturated heterocycles. The van der Waals surface area contributed by atoms with Crippen LogP contribution in [0, 0.1) is 5.41 Å². The Balaban J connectivity index is 0.00000338. The zero-order valence-electron chi connectivity index (χ0n) is 16.1. The summed E-state index contributed by atoms with van der Waals surface area (Å²) < 4.78 is 1.95. The first-order chi connectivity index (χ1) is 12.1. The van der Waals surface area contributed by atoms with Crippen molar-refractivity contribution in [3.63, 3.8) is 0 Å². The molecule has 0 bridgehead atoms. The summed E-state index contributed by atoms with van der Waals surface area (Å²) in [4.78, 5) is 4.79. The lowest BCUT2D eigenvalue weighted by molar-refractivity contribution is 0.377. The van der Waals surface area contributed by atoms with Crippen LogP contribution >= 0.6 is 24.0 Å². The molecule has 0 saturated carbocycles. The smallest absolute Gasteiger partial charge is 0.191 e. The van der Waals surface area contributed by atoms with E-state index in [0.29, 0.717) is 0 Å². The molecule has 0 fully saturated rings. The standard InChI is InChI=1S/C20H31N5.HI/c1-4-21-19(22-12-8-14-25-15-9-13-24-25)23-17-20(2,3)16-18-10-6-5-7-11-18;/h5-7,9-11,13,15H,4,8,12,14,16-17H2,1-3H3,(H2,21,22,23);1H. The Kier molecular flexibility index (Phi) is 10.3. The molecular weight excluding hydrogens is 437 g/mol. The summed E-state index contributed by atoms with van der Waals surface area (Å²) in [5.74, 6) is 0.893. The normalized spacial score (nSPS) is 11.7. The predicted octanol–water partition coefficient (Wildman–Crippen LogP) is 3.72. The molecule has 6 heteroatoms. The summed E-state index contributed by atoms with van der Waals surface area (Å²) in [6, 6.07) is 12.6. The highest BCUT2D eigenvalue weighted by molar-refractivity contribution is 14.0. The molecule has 2 rings (SSSR count). The lowest BCUT2D eigenvalue weighted by atomic mass is 9.86. The zero-order valence-corrected chi connectivity index (χ0v) is 18.4. The lowest BCUT2D eigenvalue weighted by Crippen LogP contribution is -2.39. The van der Waals surface area contributed by atoms with Gasteiger partial charge in [-0.2, -0.15) is 5.10 Å². The number of hydrogen-bond acceptors (Lipinski definition) is 2. The molecule has 2 N–H and O–H groups in total. The Hall–Kier alpha value is -1.57. The highest BCUT2D eigenvalue weighted by Gasteiger charge is 2.18. The van der Waals surface area contributed by atoms with Crippen LogP contribution in [0.15, 0.2) is 53.8 Å². The monoisotopic (exact) mass is 469 g/mol. The third kappa shape index (κ3) is 8.69. The van der Waals surface area contributed by atoms with Crippen molar-refractivity contribution in [3.8, 4) is 0 Å². The van der Waals surface area contributed by atoms with Crippen molar-refractivity contribution in [2.24, 2.45) is 10.4 Å². The first-order valence-electron chi connectivity index (χ1n) is 9.12. The molecule has 2 aromatic rings. The maximum atomic E-state index is 4.79. The number of aryl methyl sites for hydroxylation is 1. The van der Waals surface area contributed by atoms with Gasteiger partial charge < -0.3 is 10.6 Å². The summed E-state index contributed by atoms with van der Waals surface area (Å²) >= 11 is 0. The van der Waals surface area contributed by atoms with Gasteiger partial charge in [-0.3, -0.25) is 9.67 Å². The van der Waals surface area contributed by atoms with Gasteiger partial charge >= 0.3 is 0 Å². The minimum atomic E-state index is 0. The van der Waals surface area contributed by atoms with Crippen molar-refractivity contribution in [2.75, 3.05) is 19.6 Å². The molecule has 0 spiro atoms. The molecule has 5 nitrogen and oxygen atoms in total. The Morgan fingerprint density at radius 3 is 2.58 bits per heavy atom. The predicted molar refractivity (Wildman–Crippen MR) is 120 cm³/mol. The molecule has 0 atom stereocenters. The third-order valence-electron chi connectivity index (χ3n) is 3.95. The number of hydrogen-bond donors (Lipinski definition) is 2. The second-order valence-corrected chi connectivity index (χ2v) is 7.07. The SMILES string of the molecule is CCNC(=NCC(C)(C)Cc1ccccc1)NCCCn1cccn1.I. The van der Waals surface area contributed by atoms with Crippen LogP contribution in [-0.4, -0.2) is 35.4 Å². The van der Waals surface area contributed by atoms with Crippen molar-refractivity contribution < 1.29 is 0 Å². The number of guanidine groups is 1. The van der Waals surface area contributed by atoms with E-state index in [-0.39, 0.29) is 29.4 Å². The van der Waals surface area contributed by atoms with Crippen LogP contribution in [0.4, 0.5) is 0 Å². The molecule has 144 valence electrons. The molecule has 1 aromatic carbocycles. The topological polar surface area (TPSA) is 54.2 Å². The molecule has 1 aromatic heterocycles. The first kappa shape index (κ1) is 22.5. The maximum Gasteiger partial charge on any atom is 0.191 e. The Labute approximate surface area is 174 Å². The highest BCUT2D eigenvalue weighted by Crippen LogP contribution is 2.22. The van der Waals surface area contributed by atoms with E-state index in [1.165, 1.54) is 5.56 Å². The summed E-state index contributed by atoms with van der Waals surface area (Å²) in [7, 11) is 0. The third-order valence-corrected chi connectivity index (χ3v) is 3.95. The molecule has 0 radical (unpaired) electrons. The molecular formula is C20H32IN5. The van der Waals surface area contributed by atoms with Crippen LogP contribution in [0.5, 0.6) is 0 Å². The van der Waals surface area contributed by atoms with Gasteiger partial charge in [-0.25, -0.2) is 0 Å². The summed E-state index contributed by atoms with van der Waals surface area (Å²) in [6.45, 7) is 10.1. The summed E-state index contributed by atoms with van der Waals surface area (Å²) in [5.41, 5.74) is 1.48. The lowest BCUT2D eigenvalue weighted by Gasteiger charge is -2.23. The van der Waals surface area contributed by atoms with Crippen molar-refractivity contribution in [1.82, 2.24) is 20.4 Å². The number of benzene rings is 1. The average Bonchev–Trinajstić information content (AvgIpc) is 3.10. The van der Waals surface area contributed by atoms with Crippen molar-refractivity contribution >= 4 is 29.9 Å². The van der Waals surface area contributed by atoms with Gasteiger partial charge in [0.25, 0.3) is 0 Å². The maximum absolute atomic E-state index is 4.79. The Bertz CT molecular complexity index is 623. The molecule has 26 heavy (non-hydrogen) atoms. The number of nitrogens with one attached hydrogen (secondary N) is 2. The Morgan fingerprint density at radius 2 is 1.92 bits per heavy atom. The molecule has 1 heterocycles. The number of aromatic nitrogens is 2. The van der Waals surface area contributed by atoms with E-state index in [9.17, 15) is 0 Å². The molecule has 0 amide bonds. The number of rotatable bonds is 9. The number of aliphatic imine (C=N–C) groups is 1. The van der Waals surface area contributed by atoms with Gasteiger partial charge in [0.05, 0.1) is 0 Å². The highest BCUT2D eigenvalue weighted by atomic mass is 127. The van der Waals surface area contributed by atoms with E-state index in [1.807, 2.05) is 23.1 Å². The summed E-state index contributed by atoms with van der Waals surface area (Å²) in [5, 5.41) is 11.0. The molecule has 0 unspecified atom stereocenters. The Morgan fingerprint density at radius 1 is 1.15 bits per heavy atom. The van der Waals surface area contributed by atoms with Gasteiger partial charge in [0.15, 0.2) is 5.96 Å². The molecule has 0 aliphatic carbocycles. The van der Waals surface area contributed by atoms with E-state index >= 15 is 0 Å². The molecule has 0 aliphatic heterocycles. The number of nitrogens with zero attached hydrogens (tertiary/aromatic N) is 3. The van der Waals surface area contributed by atoms with Crippen LogP contribution in [-0.2, 0) is 13.0 Å². The summed E-state index contributed by atoms with van der Waals surface area (Å²) in [6.07, 6.45) is 5.84. The van der Waals surface area contributed by atoms with Gasteiger partial charge in [0.1, 0.15) is 0 Å². The number of halogens is 1. The van der Waals surface area contributed by atoms with E-state index < -0.39 is 0 Å². The fourth-order valence-corrected chi connectivity index (χ4v) is 2.72. The second kappa shape index (κ2) is 11.9. The van der Waals surface area contributed by atoms with Crippen LogP contribution in [0.3, 0.4) is 0 Å². The van der Waals surface area contributed by atoms with Gasteiger partial charge in [0.2, 0.25) is 0 Å². The fourth-order valence-electron chi connectivity index (χ4n) is 2.72. The second-order valence-electron chi connectivity index (χ2n) is 7.07. The van der Waals surface area contributed by atoms with Crippen LogP contribution in [0.1, 0.15) is 32.8 Å². The zero-order chi connectivity index (χ0) is 18.0. The van der Waals surface area contributed by atoms with Crippen LogP contribution < -0.4 is 10.6 Å². The van der Waals surface area contributed by atoms with Crippen molar-refractivity contribution in [3.05, 3.63) is 54.4 Å². The van der Waals surface area contributed by atoms with Crippen molar-refractivity contribution in [2.45, 2.75) is 40.2 Å². The van der Waals surface area contributed by atoms with Gasteiger partial charge in [-0.05, 0) is 36.8 Å². The van der Waals surface area contributed by atoms with Crippen LogP contribution in [0.25, 0.3) is 0 Å². The van der Waals surface area contributed by atoms with E-state index in [4.69, 9.17) is 4.99 Å². The molecule has 0 aliphatic rings. The largest absolute Gasteiger partial charge is 0.357 e. The average molecular weight is 469 g/mol. The minimum absolute atomic E-state index is 0. The van der Waals surface area contributed by atoms with E-state index in [1.54, 1.807) is 0 Å². The minimum Gasteiger partial charge on any atom is -0.357 e. The van der Waals surface area contributed by atoms with Crippen LogP contribution in [0.2, 0.25) is 0 Å². The van der Waals surface area contributed by atoms with Gasteiger partial charge in [0, 0.05) is 38.6 Å². The van der Waals surface area contributed by atoms with Gasteiger partial charge in [-0.15, -0.1) is 24.0 Å². The van der Waals surface area contributed by atoms with E-state index in [0.717, 1.165) is 45.0 Å². The first-order valence-corrected chi connectivity index (χ1v) is 9.12. The van der Waals surface area contributed by atoms with E-state index in [2.05, 4.69) is 66.8 Å². The quantitative estimate of drug-likeness (QED) is 0.255.